The van der Waals surface area contributed by atoms with Crippen LogP contribution >= 0.6 is 0 Å². The number of ether oxygens (including phenoxy) is 1. The van der Waals surface area contributed by atoms with Crippen molar-refractivity contribution >= 4 is 5.97 Å². The molecule has 0 aliphatic heterocycles. The van der Waals surface area contributed by atoms with Crippen LogP contribution in [0.5, 0.6) is 0 Å². The second-order valence-corrected chi connectivity index (χ2v) is 2.63. The van der Waals surface area contributed by atoms with E-state index in [-0.39, 0.29) is 12.4 Å². The lowest BCUT2D eigenvalue weighted by atomic mass is 10.3. The minimum Gasteiger partial charge on any atom is -0.466 e. The molecule has 0 fully saturated rings. The summed E-state index contributed by atoms with van der Waals surface area (Å²) >= 11 is 0. The van der Waals surface area contributed by atoms with E-state index in [1.165, 1.54) is 0 Å². The molecule has 0 aromatic carbocycles. The van der Waals surface area contributed by atoms with E-state index < -0.39 is 6.10 Å². The zero-order valence-electron chi connectivity index (χ0n) is 7.17. The molecule has 1 atom stereocenters. The van der Waals surface area contributed by atoms with Crippen LogP contribution in [0.3, 0.4) is 0 Å². The number of aliphatic hydroxyl groups excluding tert-OH is 1. The van der Waals surface area contributed by atoms with Gasteiger partial charge in [0.15, 0.2) is 0 Å². The van der Waals surface area contributed by atoms with E-state index in [2.05, 4.69) is 0 Å². The van der Waals surface area contributed by atoms with E-state index >= 15 is 0 Å². The number of aliphatic hydroxyl groups is 1. The number of unbranched alkanes of at least 4 members (excludes halogenated alkanes) is 1. The Morgan fingerprint density at radius 2 is 2.27 bits per heavy atom. The van der Waals surface area contributed by atoms with Crippen molar-refractivity contribution < 1.29 is 14.6 Å². The molecule has 0 rings (SSSR count). The summed E-state index contributed by atoms with van der Waals surface area (Å²) < 4.78 is 4.79. The first kappa shape index (κ1) is 10.4. The molecule has 0 radical (unpaired) electrons. The molecule has 0 aliphatic carbocycles. The first-order valence-electron chi connectivity index (χ1n) is 4.00. The zero-order valence-corrected chi connectivity index (χ0v) is 7.17. The molecule has 0 aliphatic rings. The summed E-state index contributed by atoms with van der Waals surface area (Å²) in [6.45, 7) is 4.08. The van der Waals surface area contributed by atoms with Crippen LogP contribution in [0, 0.1) is 0 Å². The minimum absolute atomic E-state index is 0.101. The molecule has 0 saturated heterocycles. The monoisotopic (exact) mass is 160 g/mol. The van der Waals surface area contributed by atoms with Gasteiger partial charge in [-0.25, -0.2) is 0 Å². The Labute approximate surface area is 67.4 Å². The average molecular weight is 160 g/mol. The summed E-state index contributed by atoms with van der Waals surface area (Å²) in [7, 11) is 0. The molecule has 0 amide bonds. The van der Waals surface area contributed by atoms with E-state index in [0.29, 0.717) is 6.61 Å². The van der Waals surface area contributed by atoms with Gasteiger partial charge >= 0.3 is 5.97 Å². The smallest absolute Gasteiger partial charge is 0.308 e. The van der Waals surface area contributed by atoms with Gasteiger partial charge in [-0.1, -0.05) is 13.3 Å². The van der Waals surface area contributed by atoms with Crippen molar-refractivity contribution in [1.82, 2.24) is 0 Å². The van der Waals surface area contributed by atoms with Crippen molar-refractivity contribution in [2.24, 2.45) is 0 Å². The molecule has 3 nitrogen and oxygen atoms in total. The molecule has 0 heterocycles. The highest BCUT2D eigenvalue weighted by Gasteiger charge is 2.05. The maximum absolute atomic E-state index is 10.7. The molecule has 66 valence electrons. The summed E-state index contributed by atoms with van der Waals surface area (Å²) in [6.07, 6.45) is 1.42. The second kappa shape index (κ2) is 6.16. The molecule has 1 N–H and O–H groups in total. The van der Waals surface area contributed by atoms with Gasteiger partial charge in [0.1, 0.15) is 0 Å². The number of rotatable bonds is 5. The summed E-state index contributed by atoms with van der Waals surface area (Å²) in [6, 6.07) is 0. The first-order chi connectivity index (χ1) is 5.16. The van der Waals surface area contributed by atoms with Gasteiger partial charge in [0.05, 0.1) is 19.1 Å². The first-order valence-corrected chi connectivity index (χ1v) is 4.00. The fourth-order valence-electron chi connectivity index (χ4n) is 0.630. The Morgan fingerprint density at radius 1 is 1.64 bits per heavy atom. The van der Waals surface area contributed by atoms with Crippen molar-refractivity contribution in [3.05, 3.63) is 0 Å². The van der Waals surface area contributed by atoms with Crippen LogP contribution in [-0.4, -0.2) is 23.8 Å². The third kappa shape index (κ3) is 7.33. The molecule has 0 unspecified atom stereocenters. The highest BCUT2D eigenvalue weighted by molar-refractivity contribution is 5.69. The van der Waals surface area contributed by atoms with Gasteiger partial charge in [0, 0.05) is 0 Å². The number of carbonyl (C=O) groups is 1. The van der Waals surface area contributed by atoms with Gasteiger partial charge < -0.3 is 9.84 Å². The van der Waals surface area contributed by atoms with Gasteiger partial charge in [0.2, 0.25) is 0 Å². The Kier molecular flexibility index (Phi) is 5.84. The maximum atomic E-state index is 10.7. The molecule has 0 bridgehead atoms. The molecular formula is C8H16O3. The predicted molar refractivity (Wildman–Crippen MR) is 42.2 cm³/mol. The SMILES string of the molecule is CCCCOC(=O)C[C@@H](C)O. The average Bonchev–Trinajstić information content (AvgIpc) is 1.86. The molecular weight excluding hydrogens is 144 g/mol. The quantitative estimate of drug-likeness (QED) is 0.484. The Hall–Kier alpha value is -0.570. The predicted octanol–water partition coefficient (Wildman–Crippen LogP) is 1.10. The molecule has 0 saturated carbocycles. The third-order valence-electron chi connectivity index (χ3n) is 1.22. The minimum atomic E-state index is -0.593. The van der Waals surface area contributed by atoms with E-state index in [9.17, 15) is 4.79 Å². The van der Waals surface area contributed by atoms with Crippen molar-refractivity contribution in [1.29, 1.82) is 0 Å². The summed E-state index contributed by atoms with van der Waals surface area (Å²) in [5, 5.41) is 8.78. The molecule has 0 aromatic rings. The largest absolute Gasteiger partial charge is 0.466 e. The van der Waals surface area contributed by atoms with Gasteiger partial charge in [-0.05, 0) is 13.3 Å². The fourth-order valence-corrected chi connectivity index (χ4v) is 0.630. The van der Waals surface area contributed by atoms with Crippen LogP contribution in [0.2, 0.25) is 0 Å². The zero-order chi connectivity index (χ0) is 8.69. The van der Waals surface area contributed by atoms with E-state index in [1.54, 1.807) is 6.92 Å². The maximum Gasteiger partial charge on any atom is 0.308 e. The van der Waals surface area contributed by atoms with Crippen LogP contribution in [0.1, 0.15) is 33.1 Å². The number of hydrogen-bond acceptors (Lipinski definition) is 3. The Balaban J connectivity index is 3.23. The number of esters is 1. The van der Waals surface area contributed by atoms with E-state index in [0.717, 1.165) is 12.8 Å². The molecule has 3 heteroatoms. The fraction of sp³-hybridized carbons (Fsp3) is 0.875. The van der Waals surface area contributed by atoms with E-state index in [1.807, 2.05) is 6.92 Å². The topological polar surface area (TPSA) is 46.5 Å². The van der Waals surface area contributed by atoms with Crippen LogP contribution in [0.4, 0.5) is 0 Å². The molecule has 0 spiro atoms. The van der Waals surface area contributed by atoms with Crippen LogP contribution in [-0.2, 0) is 9.53 Å². The van der Waals surface area contributed by atoms with Crippen LogP contribution < -0.4 is 0 Å². The highest BCUT2D eigenvalue weighted by atomic mass is 16.5. The Bertz CT molecular complexity index is 110. The van der Waals surface area contributed by atoms with Crippen molar-refractivity contribution in [3.8, 4) is 0 Å². The van der Waals surface area contributed by atoms with Gasteiger partial charge in [0.25, 0.3) is 0 Å². The standard InChI is InChI=1S/C8H16O3/c1-3-4-5-11-8(10)6-7(2)9/h7,9H,3-6H2,1-2H3/t7-/m1/s1. The molecule has 0 aromatic heterocycles. The normalized spacial score (nSPS) is 12.6. The second-order valence-electron chi connectivity index (χ2n) is 2.63. The van der Waals surface area contributed by atoms with Crippen molar-refractivity contribution in [2.75, 3.05) is 6.61 Å². The summed E-state index contributed by atoms with van der Waals surface area (Å²) in [5.41, 5.74) is 0. The van der Waals surface area contributed by atoms with Gasteiger partial charge in [-0.2, -0.15) is 0 Å². The van der Waals surface area contributed by atoms with Gasteiger partial charge in [-0.15, -0.1) is 0 Å². The van der Waals surface area contributed by atoms with Crippen molar-refractivity contribution in [2.45, 2.75) is 39.2 Å². The third-order valence-corrected chi connectivity index (χ3v) is 1.22. The van der Waals surface area contributed by atoms with Gasteiger partial charge in [-0.3, -0.25) is 4.79 Å². The van der Waals surface area contributed by atoms with E-state index in [4.69, 9.17) is 9.84 Å². The highest BCUT2D eigenvalue weighted by Crippen LogP contribution is 1.95. The van der Waals surface area contributed by atoms with Crippen LogP contribution in [0.15, 0.2) is 0 Å². The number of hydrogen-bond donors (Lipinski definition) is 1. The molecule has 11 heavy (non-hydrogen) atoms. The lowest BCUT2D eigenvalue weighted by Crippen LogP contribution is -2.12. The lowest BCUT2D eigenvalue weighted by molar-refractivity contribution is -0.145. The van der Waals surface area contributed by atoms with Crippen molar-refractivity contribution in [3.63, 3.8) is 0 Å². The van der Waals surface area contributed by atoms with Crippen LogP contribution in [0.25, 0.3) is 0 Å². The number of carbonyl (C=O) groups excluding carboxylic acids is 1. The summed E-state index contributed by atoms with van der Waals surface area (Å²) in [5.74, 6) is -0.312. The summed E-state index contributed by atoms with van der Waals surface area (Å²) in [4.78, 5) is 10.7. The Morgan fingerprint density at radius 3 is 2.73 bits per heavy atom. The lowest BCUT2D eigenvalue weighted by Gasteiger charge is -2.04.